The Labute approximate surface area is 127 Å². The number of aromatic nitrogens is 3. The summed E-state index contributed by atoms with van der Waals surface area (Å²) in [5.74, 6) is 0.745. The molecule has 0 aliphatic carbocycles. The fourth-order valence-corrected chi connectivity index (χ4v) is 2.80. The van der Waals surface area contributed by atoms with Crippen molar-refractivity contribution in [3.8, 4) is 22.5 Å². The molecule has 110 valence electrons. The zero-order valence-electron chi connectivity index (χ0n) is 12.0. The lowest BCUT2D eigenvalue weighted by atomic mass is 10.0. The molecule has 1 aliphatic heterocycles. The molecule has 1 N–H and O–H groups in total. The maximum Gasteiger partial charge on any atom is 0.134 e. The van der Waals surface area contributed by atoms with Crippen molar-refractivity contribution < 1.29 is 4.39 Å². The third-order valence-corrected chi connectivity index (χ3v) is 3.83. The van der Waals surface area contributed by atoms with Crippen LogP contribution in [-0.2, 0) is 6.54 Å². The lowest BCUT2D eigenvalue weighted by Gasteiger charge is -2.16. The number of hydrogen-bond acceptors (Lipinski definition) is 3. The first-order valence-electron chi connectivity index (χ1n) is 7.35. The van der Waals surface area contributed by atoms with Crippen molar-refractivity contribution in [2.75, 3.05) is 11.9 Å². The van der Waals surface area contributed by atoms with Gasteiger partial charge in [-0.1, -0.05) is 6.07 Å². The van der Waals surface area contributed by atoms with Gasteiger partial charge in [0.15, 0.2) is 0 Å². The van der Waals surface area contributed by atoms with Crippen LogP contribution in [-0.4, -0.2) is 21.3 Å². The third-order valence-electron chi connectivity index (χ3n) is 3.83. The number of fused-ring (bicyclic) bond motifs is 1. The molecule has 0 spiro atoms. The summed E-state index contributed by atoms with van der Waals surface area (Å²) in [4.78, 5) is 4.47. The van der Waals surface area contributed by atoms with E-state index in [-0.39, 0.29) is 5.82 Å². The van der Waals surface area contributed by atoms with Crippen molar-refractivity contribution in [3.05, 3.63) is 54.5 Å². The van der Waals surface area contributed by atoms with Crippen LogP contribution in [0, 0.1) is 5.82 Å². The Morgan fingerprint density at radius 1 is 1.09 bits per heavy atom. The zero-order chi connectivity index (χ0) is 14.9. The maximum absolute atomic E-state index is 13.2. The lowest BCUT2D eigenvalue weighted by Crippen LogP contribution is -2.17. The minimum atomic E-state index is -0.245. The average Bonchev–Trinajstić information content (AvgIpc) is 2.96. The van der Waals surface area contributed by atoms with Crippen molar-refractivity contribution in [1.29, 1.82) is 0 Å². The van der Waals surface area contributed by atoms with Crippen LogP contribution in [0.25, 0.3) is 22.5 Å². The number of aryl methyl sites for hydroxylation is 1. The first-order chi connectivity index (χ1) is 10.8. The molecule has 1 aromatic carbocycles. The van der Waals surface area contributed by atoms with Gasteiger partial charge in [0.1, 0.15) is 17.3 Å². The van der Waals surface area contributed by atoms with Crippen molar-refractivity contribution in [3.63, 3.8) is 0 Å². The molecule has 4 rings (SSSR count). The highest BCUT2D eigenvalue weighted by Gasteiger charge is 2.23. The van der Waals surface area contributed by atoms with Crippen LogP contribution in [0.2, 0.25) is 0 Å². The van der Waals surface area contributed by atoms with Gasteiger partial charge in [-0.25, -0.2) is 9.07 Å². The van der Waals surface area contributed by atoms with Gasteiger partial charge in [-0.15, -0.1) is 0 Å². The molecule has 1 aliphatic rings. The topological polar surface area (TPSA) is 42.7 Å². The van der Waals surface area contributed by atoms with Crippen molar-refractivity contribution in [2.45, 2.75) is 13.0 Å². The molecule has 0 radical (unpaired) electrons. The largest absolute Gasteiger partial charge is 0.370 e. The molecule has 0 bridgehead atoms. The molecule has 0 saturated carbocycles. The van der Waals surface area contributed by atoms with Crippen molar-refractivity contribution in [2.24, 2.45) is 0 Å². The molecule has 2 aromatic heterocycles. The maximum atomic E-state index is 13.2. The molecule has 0 unspecified atom stereocenters. The predicted molar refractivity (Wildman–Crippen MR) is 84.0 cm³/mol. The molecule has 3 heterocycles. The highest BCUT2D eigenvalue weighted by atomic mass is 19.1. The first kappa shape index (κ1) is 13.0. The van der Waals surface area contributed by atoms with Crippen LogP contribution in [0.1, 0.15) is 6.42 Å². The Morgan fingerprint density at radius 3 is 2.73 bits per heavy atom. The summed E-state index contributed by atoms with van der Waals surface area (Å²) in [6.07, 6.45) is 2.82. The summed E-state index contributed by atoms with van der Waals surface area (Å²) >= 11 is 0. The van der Waals surface area contributed by atoms with E-state index >= 15 is 0 Å². The van der Waals surface area contributed by atoms with Gasteiger partial charge in [0.2, 0.25) is 0 Å². The SMILES string of the molecule is Fc1ccc(-c2nn3c(c2-c2ccccn2)NCCC3)cc1. The normalized spacial score (nSPS) is 13.5. The number of halogens is 1. The second-order valence-corrected chi connectivity index (χ2v) is 5.30. The van der Waals surface area contributed by atoms with E-state index in [1.165, 1.54) is 12.1 Å². The highest BCUT2D eigenvalue weighted by molar-refractivity contribution is 5.87. The monoisotopic (exact) mass is 294 g/mol. The number of benzene rings is 1. The van der Waals surface area contributed by atoms with E-state index in [1.807, 2.05) is 22.9 Å². The zero-order valence-corrected chi connectivity index (χ0v) is 12.0. The average molecular weight is 294 g/mol. The summed E-state index contributed by atoms with van der Waals surface area (Å²) in [5.41, 5.74) is 3.58. The number of anilines is 1. The standard InChI is InChI=1S/C17H15FN4/c18-13-7-5-12(6-8-13)16-15(14-4-1-2-9-19-14)17-20-10-3-11-22(17)21-16/h1-2,4-9,20H,3,10-11H2. The van der Waals surface area contributed by atoms with Crippen LogP contribution in [0.4, 0.5) is 10.2 Å². The van der Waals surface area contributed by atoms with Crippen molar-refractivity contribution in [1.82, 2.24) is 14.8 Å². The van der Waals surface area contributed by atoms with Gasteiger partial charge in [0.25, 0.3) is 0 Å². The molecular weight excluding hydrogens is 279 g/mol. The molecule has 22 heavy (non-hydrogen) atoms. The second-order valence-electron chi connectivity index (χ2n) is 5.30. The number of pyridine rings is 1. The number of rotatable bonds is 2. The van der Waals surface area contributed by atoms with E-state index in [2.05, 4.69) is 10.3 Å². The Hall–Kier alpha value is -2.69. The number of nitrogens with one attached hydrogen (secondary N) is 1. The molecule has 0 amide bonds. The van der Waals surface area contributed by atoms with E-state index in [9.17, 15) is 4.39 Å². The van der Waals surface area contributed by atoms with Gasteiger partial charge in [-0.05, 0) is 42.8 Å². The number of hydrogen-bond donors (Lipinski definition) is 1. The molecule has 0 saturated heterocycles. The molecule has 0 fully saturated rings. The predicted octanol–water partition coefficient (Wildman–Crippen LogP) is 3.57. The van der Waals surface area contributed by atoms with Gasteiger partial charge < -0.3 is 5.32 Å². The Bertz CT molecular complexity index is 794. The van der Waals surface area contributed by atoms with E-state index in [4.69, 9.17) is 5.10 Å². The smallest absolute Gasteiger partial charge is 0.134 e. The second kappa shape index (κ2) is 5.26. The summed E-state index contributed by atoms with van der Waals surface area (Å²) < 4.78 is 15.2. The van der Waals surface area contributed by atoms with Gasteiger partial charge in [0.05, 0.1) is 11.3 Å². The molecule has 3 aromatic rings. The van der Waals surface area contributed by atoms with Crippen LogP contribution < -0.4 is 5.32 Å². The third kappa shape index (κ3) is 2.15. The number of nitrogens with zero attached hydrogens (tertiary/aromatic N) is 3. The summed E-state index contributed by atoms with van der Waals surface area (Å²) in [7, 11) is 0. The van der Waals surface area contributed by atoms with Gasteiger partial charge in [0, 0.05) is 24.8 Å². The van der Waals surface area contributed by atoms with Crippen LogP contribution in [0.5, 0.6) is 0 Å². The van der Waals surface area contributed by atoms with E-state index in [0.29, 0.717) is 0 Å². The molecule has 0 atom stereocenters. The van der Waals surface area contributed by atoms with Gasteiger partial charge >= 0.3 is 0 Å². The lowest BCUT2D eigenvalue weighted by molar-refractivity contribution is 0.569. The Kier molecular flexibility index (Phi) is 3.11. The van der Waals surface area contributed by atoms with Crippen molar-refractivity contribution >= 4 is 5.82 Å². The fraction of sp³-hybridized carbons (Fsp3) is 0.176. The molecule has 5 heteroatoms. The van der Waals surface area contributed by atoms with E-state index < -0.39 is 0 Å². The minimum Gasteiger partial charge on any atom is -0.370 e. The minimum absolute atomic E-state index is 0.245. The fourth-order valence-electron chi connectivity index (χ4n) is 2.80. The summed E-state index contributed by atoms with van der Waals surface area (Å²) in [6, 6.07) is 12.3. The van der Waals surface area contributed by atoms with E-state index in [1.54, 1.807) is 18.3 Å². The highest BCUT2D eigenvalue weighted by Crippen LogP contribution is 2.37. The first-order valence-corrected chi connectivity index (χ1v) is 7.35. The Balaban J connectivity index is 1.94. The summed E-state index contributed by atoms with van der Waals surface area (Å²) in [6.45, 7) is 1.80. The van der Waals surface area contributed by atoms with Gasteiger partial charge in [-0.2, -0.15) is 5.10 Å². The molecule has 4 nitrogen and oxygen atoms in total. The van der Waals surface area contributed by atoms with Gasteiger partial charge in [-0.3, -0.25) is 4.98 Å². The Morgan fingerprint density at radius 2 is 1.95 bits per heavy atom. The molecular formula is C17H15FN4. The van der Waals surface area contributed by atoms with E-state index in [0.717, 1.165) is 47.8 Å². The van der Waals surface area contributed by atoms with Crippen LogP contribution >= 0.6 is 0 Å². The quantitative estimate of drug-likeness (QED) is 0.785. The summed E-state index contributed by atoms with van der Waals surface area (Å²) in [5, 5.41) is 8.14. The van der Waals surface area contributed by atoms with Crippen LogP contribution in [0.15, 0.2) is 48.7 Å². The van der Waals surface area contributed by atoms with Crippen LogP contribution in [0.3, 0.4) is 0 Å².